The van der Waals surface area contributed by atoms with Gasteiger partial charge >= 0.3 is 0 Å². The number of benzene rings is 1. The summed E-state index contributed by atoms with van der Waals surface area (Å²) in [6, 6.07) is 5.49. The largest absolute Gasteiger partial charge is 0.281 e. The molecule has 0 aliphatic rings. The molecule has 0 amide bonds. The molecule has 0 fully saturated rings. The van der Waals surface area contributed by atoms with E-state index in [2.05, 4.69) is 6.58 Å². The molecule has 0 saturated heterocycles. The third kappa shape index (κ3) is 3.08. The number of carbonyl (C=O) groups excluding carboxylic acids is 1. The van der Waals surface area contributed by atoms with Crippen LogP contribution >= 0.6 is 23.2 Å². The van der Waals surface area contributed by atoms with Crippen molar-refractivity contribution in [1.82, 2.24) is 0 Å². The molecule has 0 N–H and O–H groups in total. The van der Waals surface area contributed by atoms with E-state index in [1.165, 1.54) is 0 Å². The molecule has 0 bridgehead atoms. The van der Waals surface area contributed by atoms with E-state index in [4.69, 9.17) is 23.2 Å². The molecule has 0 aliphatic heterocycles. The van der Waals surface area contributed by atoms with Crippen LogP contribution < -0.4 is 0 Å². The average molecular weight is 243 g/mol. The Kier molecular flexibility index (Phi) is 4.37. The standard InChI is InChI=1S/C12H12Cl2O/c1-3-4-10(12(14)15)9-5-6-11(13)8(2)7-9/h3,5-7,10H,1,4H2,2H3. The van der Waals surface area contributed by atoms with Gasteiger partial charge in [0.05, 0.1) is 5.92 Å². The normalized spacial score (nSPS) is 12.2. The van der Waals surface area contributed by atoms with Crippen LogP contribution in [0.2, 0.25) is 5.02 Å². The summed E-state index contributed by atoms with van der Waals surface area (Å²) in [5.74, 6) is -0.319. The quantitative estimate of drug-likeness (QED) is 0.575. The maximum atomic E-state index is 11.2. The van der Waals surface area contributed by atoms with Crippen LogP contribution in [0, 0.1) is 6.92 Å². The maximum absolute atomic E-state index is 11.2. The fourth-order valence-electron chi connectivity index (χ4n) is 1.41. The molecule has 0 aliphatic carbocycles. The van der Waals surface area contributed by atoms with Crippen molar-refractivity contribution in [2.45, 2.75) is 19.3 Å². The number of hydrogen-bond donors (Lipinski definition) is 0. The summed E-state index contributed by atoms with van der Waals surface area (Å²) in [6.45, 7) is 5.51. The Hall–Kier alpha value is -0.790. The number of aryl methyl sites for hydroxylation is 1. The van der Waals surface area contributed by atoms with Crippen LogP contribution in [0.4, 0.5) is 0 Å². The first-order chi connectivity index (χ1) is 7.06. The van der Waals surface area contributed by atoms with Crippen molar-refractivity contribution in [3.05, 3.63) is 47.0 Å². The average Bonchev–Trinajstić information content (AvgIpc) is 2.18. The number of carbonyl (C=O) groups is 1. The fraction of sp³-hybridized carbons (Fsp3) is 0.250. The Morgan fingerprint density at radius 1 is 1.60 bits per heavy atom. The zero-order valence-electron chi connectivity index (χ0n) is 8.47. The summed E-state index contributed by atoms with van der Waals surface area (Å²) in [5, 5.41) is 0.328. The molecule has 1 nitrogen and oxygen atoms in total. The predicted molar refractivity (Wildman–Crippen MR) is 64.6 cm³/mol. The molecular weight excluding hydrogens is 231 g/mol. The molecule has 15 heavy (non-hydrogen) atoms. The summed E-state index contributed by atoms with van der Waals surface area (Å²) >= 11 is 11.4. The van der Waals surface area contributed by atoms with Crippen molar-refractivity contribution >= 4 is 28.4 Å². The Balaban J connectivity index is 3.06. The highest BCUT2D eigenvalue weighted by atomic mass is 35.5. The van der Waals surface area contributed by atoms with Crippen LogP contribution in [-0.2, 0) is 4.79 Å². The van der Waals surface area contributed by atoms with Crippen LogP contribution in [-0.4, -0.2) is 5.24 Å². The SMILES string of the molecule is C=CCC(C(=O)Cl)c1ccc(Cl)c(C)c1. The molecule has 0 aromatic heterocycles. The van der Waals surface area contributed by atoms with Crippen LogP contribution in [0.15, 0.2) is 30.9 Å². The Labute approximate surface area is 99.7 Å². The van der Waals surface area contributed by atoms with Crippen molar-refractivity contribution in [3.8, 4) is 0 Å². The zero-order valence-corrected chi connectivity index (χ0v) is 9.98. The van der Waals surface area contributed by atoms with Crippen molar-refractivity contribution < 1.29 is 4.79 Å². The highest BCUT2D eigenvalue weighted by molar-refractivity contribution is 6.64. The predicted octanol–water partition coefficient (Wildman–Crippen LogP) is 4.07. The van der Waals surface area contributed by atoms with Gasteiger partial charge in [0.1, 0.15) is 0 Å². The third-order valence-electron chi connectivity index (χ3n) is 2.26. The molecular formula is C12H12Cl2O. The molecule has 1 aromatic rings. The molecule has 0 spiro atoms. The van der Waals surface area contributed by atoms with Gasteiger partial charge in [-0.15, -0.1) is 6.58 Å². The highest BCUT2D eigenvalue weighted by Gasteiger charge is 2.17. The first kappa shape index (κ1) is 12.3. The first-order valence-corrected chi connectivity index (χ1v) is 5.38. The second-order valence-electron chi connectivity index (χ2n) is 3.39. The van der Waals surface area contributed by atoms with Gasteiger partial charge in [0.25, 0.3) is 0 Å². The van der Waals surface area contributed by atoms with Crippen LogP contribution in [0.3, 0.4) is 0 Å². The second kappa shape index (κ2) is 5.34. The van der Waals surface area contributed by atoms with E-state index in [-0.39, 0.29) is 11.2 Å². The first-order valence-electron chi connectivity index (χ1n) is 4.62. The summed E-state index contributed by atoms with van der Waals surface area (Å²) in [7, 11) is 0. The van der Waals surface area contributed by atoms with E-state index in [9.17, 15) is 4.79 Å². The lowest BCUT2D eigenvalue weighted by Crippen LogP contribution is -2.05. The van der Waals surface area contributed by atoms with E-state index < -0.39 is 0 Å². The van der Waals surface area contributed by atoms with Gasteiger partial charge in [0.15, 0.2) is 0 Å². The number of hydrogen-bond acceptors (Lipinski definition) is 1. The maximum Gasteiger partial charge on any atom is 0.229 e. The summed E-state index contributed by atoms with van der Waals surface area (Å²) in [6.07, 6.45) is 2.23. The van der Waals surface area contributed by atoms with Gasteiger partial charge in [0, 0.05) is 5.02 Å². The number of halogens is 2. The van der Waals surface area contributed by atoms with Crippen molar-refractivity contribution in [2.24, 2.45) is 0 Å². The van der Waals surface area contributed by atoms with Gasteiger partial charge in [-0.2, -0.15) is 0 Å². The summed E-state index contributed by atoms with van der Waals surface area (Å²) in [5.41, 5.74) is 1.83. The molecule has 1 unspecified atom stereocenters. The Morgan fingerprint density at radius 2 is 2.27 bits per heavy atom. The van der Waals surface area contributed by atoms with Gasteiger partial charge < -0.3 is 0 Å². The monoisotopic (exact) mass is 242 g/mol. The third-order valence-corrected chi connectivity index (χ3v) is 2.95. The molecule has 0 saturated carbocycles. The topological polar surface area (TPSA) is 17.1 Å². The lowest BCUT2D eigenvalue weighted by atomic mass is 9.96. The van der Waals surface area contributed by atoms with Gasteiger partial charge in [-0.3, -0.25) is 4.79 Å². The zero-order chi connectivity index (χ0) is 11.4. The van der Waals surface area contributed by atoms with E-state index in [0.29, 0.717) is 11.4 Å². The number of rotatable bonds is 4. The molecule has 0 radical (unpaired) electrons. The van der Waals surface area contributed by atoms with Crippen LogP contribution in [0.1, 0.15) is 23.5 Å². The van der Waals surface area contributed by atoms with Crippen molar-refractivity contribution in [1.29, 1.82) is 0 Å². The fourth-order valence-corrected chi connectivity index (χ4v) is 1.74. The summed E-state index contributed by atoms with van der Waals surface area (Å²) in [4.78, 5) is 11.2. The van der Waals surface area contributed by atoms with E-state index in [1.807, 2.05) is 19.1 Å². The van der Waals surface area contributed by atoms with Gasteiger partial charge in [0.2, 0.25) is 5.24 Å². The van der Waals surface area contributed by atoms with Crippen LogP contribution in [0.5, 0.6) is 0 Å². The van der Waals surface area contributed by atoms with E-state index in [1.54, 1.807) is 12.1 Å². The molecule has 1 aromatic carbocycles. The minimum atomic E-state index is -0.364. The lowest BCUT2D eigenvalue weighted by molar-refractivity contribution is -0.112. The molecule has 1 atom stereocenters. The molecule has 80 valence electrons. The van der Waals surface area contributed by atoms with Crippen molar-refractivity contribution in [3.63, 3.8) is 0 Å². The Bertz CT molecular complexity index is 385. The minimum Gasteiger partial charge on any atom is -0.281 e. The van der Waals surface area contributed by atoms with Crippen molar-refractivity contribution in [2.75, 3.05) is 0 Å². The van der Waals surface area contributed by atoms with Crippen LogP contribution in [0.25, 0.3) is 0 Å². The molecule has 0 heterocycles. The second-order valence-corrected chi connectivity index (χ2v) is 4.17. The van der Waals surface area contributed by atoms with E-state index >= 15 is 0 Å². The smallest absolute Gasteiger partial charge is 0.229 e. The van der Waals surface area contributed by atoms with Gasteiger partial charge in [-0.1, -0.05) is 29.8 Å². The van der Waals surface area contributed by atoms with Gasteiger partial charge in [-0.05, 0) is 42.1 Å². The molecule has 1 rings (SSSR count). The molecule has 3 heteroatoms. The number of allylic oxidation sites excluding steroid dienone is 1. The van der Waals surface area contributed by atoms with E-state index in [0.717, 1.165) is 11.1 Å². The lowest BCUT2D eigenvalue weighted by Gasteiger charge is -2.11. The highest BCUT2D eigenvalue weighted by Crippen LogP contribution is 2.26. The summed E-state index contributed by atoms with van der Waals surface area (Å²) < 4.78 is 0. The van der Waals surface area contributed by atoms with Gasteiger partial charge in [-0.25, -0.2) is 0 Å². The minimum absolute atomic E-state index is 0.319. The Morgan fingerprint density at radius 3 is 2.73 bits per heavy atom.